The number of hydrogen-bond donors (Lipinski definition) is 2. The fourth-order valence-electron chi connectivity index (χ4n) is 8.55. The minimum Gasteiger partial charge on any atom is -0.396 e. The van der Waals surface area contributed by atoms with E-state index >= 15 is 8.78 Å². The van der Waals surface area contributed by atoms with Crippen LogP contribution in [0.25, 0.3) is 0 Å². The lowest BCUT2D eigenvalue weighted by Gasteiger charge is -2.56. The van der Waals surface area contributed by atoms with Crippen molar-refractivity contribution in [1.29, 1.82) is 0 Å². The third-order valence-electron chi connectivity index (χ3n) is 10.7. The zero-order chi connectivity index (χ0) is 27.3. The van der Waals surface area contributed by atoms with Gasteiger partial charge >= 0.3 is 12.1 Å². The van der Waals surface area contributed by atoms with Crippen LogP contribution in [0.1, 0.15) is 81.3 Å². The second-order valence-corrected chi connectivity index (χ2v) is 12.4. The summed E-state index contributed by atoms with van der Waals surface area (Å²) in [5.74, 6) is -5.82. The van der Waals surface area contributed by atoms with Crippen LogP contribution in [-0.2, 0) is 4.79 Å². The lowest BCUT2D eigenvalue weighted by molar-refractivity contribution is -0.362. The van der Waals surface area contributed by atoms with E-state index in [0.717, 1.165) is 34.3 Å². The maximum absolute atomic E-state index is 15.1. The minimum absolute atomic E-state index is 0.0154. The lowest BCUT2D eigenvalue weighted by Crippen LogP contribution is -2.65. The van der Waals surface area contributed by atoms with Crippen LogP contribution in [0.15, 0.2) is 47.1 Å². The first-order valence-electron chi connectivity index (χ1n) is 13.7. The first-order chi connectivity index (χ1) is 17.8. The number of carbonyl (C=O) groups is 1. The molecule has 7 atom stereocenters. The summed E-state index contributed by atoms with van der Waals surface area (Å²) in [7, 11) is 0. The molecule has 0 amide bonds. The summed E-state index contributed by atoms with van der Waals surface area (Å²) >= 11 is 0. The van der Waals surface area contributed by atoms with E-state index in [1.165, 1.54) is 6.92 Å². The van der Waals surface area contributed by atoms with E-state index in [-0.39, 0.29) is 43.0 Å². The second-order valence-electron chi connectivity index (χ2n) is 12.4. The van der Waals surface area contributed by atoms with Crippen molar-refractivity contribution >= 4 is 5.78 Å². The van der Waals surface area contributed by atoms with E-state index in [2.05, 4.69) is 0 Å². The molecule has 6 rings (SSSR count). The molecule has 0 saturated heterocycles. The van der Waals surface area contributed by atoms with E-state index in [1.807, 2.05) is 24.3 Å². The number of aliphatic hydroxyl groups excluding tert-OH is 1. The number of carbonyl (C=O) groups excluding carboxylic acids is 1. The van der Waals surface area contributed by atoms with Gasteiger partial charge in [-0.15, -0.1) is 0 Å². The number of alkyl halides is 5. The first-order valence-corrected chi connectivity index (χ1v) is 13.7. The molecule has 3 nitrogen and oxygen atoms in total. The number of benzene rings is 1. The third kappa shape index (κ3) is 3.54. The molecule has 0 bridgehead atoms. The molecule has 3 fully saturated rings. The average Bonchev–Trinajstić information content (AvgIpc) is 3.61. The Hall–Kier alpha value is -2.06. The van der Waals surface area contributed by atoms with E-state index in [4.69, 9.17) is 0 Å². The van der Waals surface area contributed by atoms with E-state index < -0.39 is 41.4 Å². The number of ketones is 1. The quantitative estimate of drug-likeness (QED) is 0.426. The van der Waals surface area contributed by atoms with Crippen LogP contribution < -0.4 is 0 Å². The SMILES string of the molecule is C[C@]12C[C@H](c3ccc([C@@H]4C[C@H]4CO)cc3)C3=C4CCC(=O)C=C4CC[C@H]3[C@@H]1CC[C@@]2(O)C(F)(F)C(F)(F)F. The smallest absolute Gasteiger partial charge is 0.396 e. The lowest BCUT2D eigenvalue weighted by atomic mass is 9.50. The average molecular weight is 537 g/mol. The van der Waals surface area contributed by atoms with Gasteiger partial charge in [-0.1, -0.05) is 36.8 Å². The highest BCUT2D eigenvalue weighted by molar-refractivity contribution is 5.93. The van der Waals surface area contributed by atoms with Gasteiger partial charge in [0.25, 0.3) is 0 Å². The fourth-order valence-corrected chi connectivity index (χ4v) is 8.55. The van der Waals surface area contributed by atoms with Crippen molar-refractivity contribution in [2.24, 2.45) is 23.2 Å². The van der Waals surface area contributed by atoms with Gasteiger partial charge in [0.1, 0.15) is 5.60 Å². The largest absolute Gasteiger partial charge is 0.456 e. The normalized spacial score (nSPS) is 38.9. The first kappa shape index (κ1) is 26.2. The Bertz CT molecular complexity index is 1220. The molecule has 0 aromatic heterocycles. The van der Waals surface area contributed by atoms with Gasteiger partial charge in [-0.2, -0.15) is 22.0 Å². The van der Waals surface area contributed by atoms with Gasteiger partial charge < -0.3 is 10.2 Å². The molecule has 5 aliphatic carbocycles. The van der Waals surface area contributed by atoms with Crippen molar-refractivity contribution in [3.63, 3.8) is 0 Å². The van der Waals surface area contributed by atoms with Gasteiger partial charge in [0.15, 0.2) is 5.78 Å². The Morgan fingerprint density at radius 1 is 0.974 bits per heavy atom. The van der Waals surface area contributed by atoms with Crippen LogP contribution in [0.4, 0.5) is 22.0 Å². The molecule has 0 radical (unpaired) electrons. The molecule has 1 aromatic rings. The summed E-state index contributed by atoms with van der Waals surface area (Å²) in [6.45, 7) is 1.56. The van der Waals surface area contributed by atoms with Gasteiger partial charge in [0.2, 0.25) is 0 Å². The highest BCUT2D eigenvalue weighted by Gasteiger charge is 2.79. The Balaban J connectivity index is 1.47. The van der Waals surface area contributed by atoms with Gasteiger partial charge in [-0.05, 0) is 97.0 Å². The van der Waals surface area contributed by atoms with Crippen LogP contribution in [0.3, 0.4) is 0 Å². The molecule has 0 heterocycles. The summed E-state index contributed by atoms with van der Waals surface area (Å²) < 4.78 is 71.2. The number of allylic oxidation sites excluding steroid dienone is 4. The zero-order valence-corrected chi connectivity index (χ0v) is 21.3. The molecule has 0 aliphatic heterocycles. The summed E-state index contributed by atoms with van der Waals surface area (Å²) in [5.41, 5.74) is 0.185. The van der Waals surface area contributed by atoms with Crippen LogP contribution >= 0.6 is 0 Å². The van der Waals surface area contributed by atoms with Gasteiger partial charge in [0.05, 0.1) is 0 Å². The monoisotopic (exact) mass is 536 g/mol. The minimum atomic E-state index is -5.85. The van der Waals surface area contributed by atoms with E-state index in [1.54, 1.807) is 6.08 Å². The van der Waals surface area contributed by atoms with E-state index in [9.17, 15) is 28.2 Å². The summed E-state index contributed by atoms with van der Waals surface area (Å²) in [6, 6.07) is 7.81. The van der Waals surface area contributed by atoms with Crippen molar-refractivity contribution in [2.75, 3.05) is 6.61 Å². The van der Waals surface area contributed by atoms with Crippen LogP contribution in [0, 0.1) is 23.2 Å². The van der Waals surface area contributed by atoms with Crippen molar-refractivity contribution in [3.05, 3.63) is 58.2 Å². The van der Waals surface area contributed by atoms with Crippen LogP contribution in [-0.4, -0.2) is 40.3 Å². The molecule has 0 spiro atoms. The molecule has 8 heteroatoms. The molecule has 5 aliphatic rings. The maximum atomic E-state index is 15.1. The molecule has 0 unspecified atom stereocenters. The highest BCUT2D eigenvalue weighted by atomic mass is 19.4. The third-order valence-corrected chi connectivity index (χ3v) is 10.7. The second kappa shape index (κ2) is 8.47. The number of fused-ring (bicyclic) bond motifs is 4. The fraction of sp³-hybridized carbons (Fsp3) is 0.633. The number of aliphatic hydroxyl groups is 2. The van der Waals surface area contributed by atoms with Gasteiger partial charge in [-0.25, -0.2) is 0 Å². The Kier molecular flexibility index (Phi) is 5.83. The molecule has 3 saturated carbocycles. The standard InChI is InChI=1S/C30H33F5O3/c1-27-14-24(17-4-2-16(3-5-17)23-13-19(23)15-36)26-21-9-7-20(37)12-18(21)6-8-22(26)25(27)10-11-28(27,38)29(31,32)30(33,34)35/h2-5,12,19,22-25,36,38H,6-11,13-15H2,1H3/t19-,22-,23-,24+,25-,27-,28-/m0/s1. The van der Waals surface area contributed by atoms with Crippen molar-refractivity contribution in [3.8, 4) is 0 Å². The van der Waals surface area contributed by atoms with Gasteiger partial charge in [-0.3, -0.25) is 4.79 Å². The van der Waals surface area contributed by atoms with Crippen LogP contribution in [0.2, 0.25) is 0 Å². The molecule has 2 N–H and O–H groups in total. The summed E-state index contributed by atoms with van der Waals surface area (Å²) in [6.07, 6.45) is -1.70. The Labute approximate surface area is 218 Å². The zero-order valence-electron chi connectivity index (χ0n) is 21.3. The maximum Gasteiger partial charge on any atom is 0.456 e. The summed E-state index contributed by atoms with van der Waals surface area (Å²) in [4.78, 5) is 12.2. The van der Waals surface area contributed by atoms with Crippen molar-refractivity contribution in [1.82, 2.24) is 0 Å². The predicted octanol–water partition coefficient (Wildman–Crippen LogP) is 6.61. The summed E-state index contributed by atoms with van der Waals surface area (Å²) in [5, 5.41) is 20.8. The van der Waals surface area contributed by atoms with Crippen molar-refractivity contribution in [2.45, 2.75) is 87.8 Å². The number of rotatable bonds is 4. The Morgan fingerprint density at radius 2 is 1.66 bits per heavy atom. The van der Waals surface area contributed by atoms with Crippen molar-refractivity contribution < 1.29 is 37.0 Å². The molecule has 206 valence electrons. The molecule has 1 aromatic carbocycles. The molecular weight excluding hydrogens is 503 g/mol. The predicted molar refractivity (Wildman–Crippen MR) is 131 cm³/mol. The Morgan fingerprint density at radius 3 is 2.29 bits per heavy atom. The van der Waals surface area contributed by atoms with Gasteiger partial charge in [0, 0.05) is 24.4 Å². The van der Waals surface area contributed by atoms with Crippen LogP contribution in [0.5, 0.6) is 0 Å². The highest BCUT2D eigenvalue weighted by Crippen LogP contribution is 2.70. The number of halogens is 5. The topological polar surface area (TPSA) is 57.5 Å². The number of hydrogen-bond acceptors (Lipinski definition) is 3. The molecule has 38 heavy (non-hydrogen) atoms. The van der Waals surface area contributed by atoms with E-state index in [0.29, 0.717) is 25.7 Å². The molecular formula is C30H33F5O3.